The molecule has 0 amide bonds. The van der Waals surface area contributed by atoms with Crippen LogP contribution in [-0.2, 0) is 9.47 Å². The molecule has 1 heterocycles. The van der Waals surface area contributed by atoms with Crippen LogP contribution in [-0.4, -0.2) is 53.1 Å². The summed E-state index contributed by atoms with van der Waals surface area (Å²) in [5.41, 5.74) is -0.133. The van der Waals surface area contributed by atoms with E-state index in [-0.39, 0.29) is 47.4 Å². The average molecular weight is 369 g/mol. The molecule has 7 atom stereocenters. The van der Waals surface area contributed by atoms with Crippen LogP contribution in [0.3, 0.4) is 0 Å². The number of rotatable bonds is 3. The summed E-state index contributed by atoms with van der Waals surface area (Å²) in [4.78, 5) is 0. The standard InChI is InChI=1S/C21H36O5/c1-19(7-3-15(23)13-14(19)6-10-22)16-4-8-20(2)17(18(16)24)5-9-21(20)25-11-12-26-21/h14-18,22-24H,3-13H2,1-2H3/t14-,15-,16-,17-,18+,19-,20-/m0/s1. The molecular weight excluding hydrogens is 332 g/mol. The molecule has 3 saturated carbocycles. The molecule has 4 rings (SSSR count). The van der Waals surface area contributed by atoms with Gasteiger partial charge >= 0.3 is 0 Å². The van der Waals surface area contributed by atoms with Crippen molar-refractivity contribution in [3.8, 4) is 0 Å². The van der Waals surface area contributed by atoms with Crippen molar-refractivity contribution in [2.45, 2.75) is 83.2 Å². The maximum atomic E-state index is 11.5. The van der Waals surface area contributed by atoms with Crippen LogP contribution < -0.4 is 0 Å². The summed E-state index contributed by atoms with van der Waals surface area (Å²) < 4.78 is 12.2. The third-order valence-electron chi connectivity index (χ3n) is 8.86. The minimum absolute atomic E-state index is 0.0180. The van der Waals surface area contributed by atoms with Gasteiger partial charge in [-0.05, 0) is 68.1 Å². The number of ether oxygens (including phenoxy) is 2. The predicted molar refractivity (Wildman–Crippen MR) is 97.4 cm³/mol. The Labute approximate surface area is 157 Å². The largest absolute Gasteiger partial charge is 0.396 e. The normalized spacial score (nSPS) is 50.9. The molecule has 0 unspecified atom stereocenters. The maximum absolute atomic E-state index is 11.5. The maximum Gasteiger partial charge on any atom is 0.174 e. The van der Waals surface area contributed by atoms with E-state index in [0.717, 1.165) is 51.4 Å². The molecule has 0 aromatic heterocycles. The topological polar surface area (TPSA) is 79.2 Å². The molecule has 5 heteroatoms. The first-order valence-corrected chi connectivity index (χ1v) is 10.6. The molecule has 1 saturated heterocycles. The van der Waals surface area contributed by atoms with Crippen molar-refractivity contribution in [1.82, 2.24) is 0 Å². The van der Waals surface area contributed by atoms with Crippen molar-refractivity contribution in [3.63, 3.8) is 0 Å². The Bertz CT molecular complexity index is 519. The van der Waals surface area contributed by atoms with Gasteiger partial charge in [-0.1, -0.05) is 13.8 Å². The molecule has 4 aliphatic rings. The number of aliphatic hydroxyl groups is 3. The second kappa shape index (κ2) is 6.70. The van der Waals surface area contributed by atoms with Crippen LogP contribution in [0.2, 0.25) is 0 Å². The highest BCUT2D eigenvalue weighted by Gasteiger charge is 2.66. The first-order chi connectivity index (χ1) is 12.4. The summed E-state index contributed by atoms with van der Waals surface area (Å²) in [6, 6.07) is 0. The van der Waals surface area contributed by atoms with Crippen molar-refractivity contribution >= 4 is 0 Å². The Morgan fingerprint density at radius 1 is 0.923 bits per heavy atom. The van der Waals surface area contributed by atoms with E-state index < -0.39 is 5.79 Å². The SMILES string of the molecule is C[C@]1([C@H]2CC[C@@]3(C)[C@@H](CCC34OCCO4)[C@@H]2O)CC[C@H](O)C[C@@H]1CCO. The Hall–Kier alpha value is -0.200. The van der Waals surface area contributed by atoms with Crippen LogP contribution in [0.4, 0.5) is 0 Å². The Balaban J connectivity index is 1.58. The highest BCUT2D eigenvalue weighted by atomic mass is 16.7. The third-order valence-corrected chi connectivity index (χ3v) is 8.86. The highest BCUT2D eigenvalue weighted by Crippen LogP contribution is 2.64. The minimum atomic E-state index is -0.488. The number of fused-ring (bicyclic) bond motifs is 2. The summed E-state index contributed by atoms with van der Waals surface area (Å²) in [5, 5.41) is 31.2. The zero-order valence-electron chi connectivity index (χ0n) is 16.3. The van der Waals surface area contributed by atoms with E-state index >= 15 is 0 Å². The van der Waals surface area contributed by atoms with Crippen molar-refractivity contribution in [2.75, 3.05) is 19.8 Å². The number of aliphatic hydroxyl groups excluding tert-OH is 3. The molecule has 5 nitrogen and oxygen atoms in total. The van der Waals surface area contributed by atoms with Gasteiger partial charge in [-0.3, -0.25) is 0 Å². The summed E-state index contributed by atoms with van der Waals surface area (Å²) in [6.07, 6.45) is 6.41. The predicted octanol–water partition coefficient (Wildman–Crippen LogP) is 2.47. The first-order valence-electron chi connectivity index (χ1n) is 10.6. The van der Waals surface area contributed by atoms with E-state index in [9.17, 15) is 15.3 Å². The minimum Gasteiger partial charge on any atom is -0.396 e. The monoisotopic (exact) mass is 368 g/mol. The summed E-state index contributed by atoms with van der Waals surface area (Å²) in [6.45, 7) is 6.03. The molecule has 0 aromatic carbocycles. The first kappa shape index (κ1) is 19.1. The van der Waals surface area contributed by atoms with E-state index in [1.807, 2.05) is 0 Å². The highest BCUT2D eigenvalue weighted by molar-refractivity contribution is 5.11. The smallest absolute Gasteiger partial charge is 0.174 e. The molecule has 3 aliphatic carbocycles. The van der Waals surface area contributed by atoms with Crippen LogP contribution >= 0.6 is 0 Å². The summed E-state index contributed by atoms with van der Waals surface area (Å²) >= 11 is 0. The van der Waals surface area contributed by atoms with Crippen molar-refractivity contribution in [2.24, 2.45) is 28.6 Å². The van der Waals surface area contributed by atoms with Crippen LogP contribution in [0.5, 0.6) is 0 Å². The molecule has 4 fully saturated rings. The van der Waals surface area contributed by atoms with Gasteiger partial charge in [0.15, 0.2) is 5.79 Å². The molecule has 150 valence electrons. The lowest BCUT2D eigenvalue weighted by molar-refractivity contribution is -0.250. The van der Waals surface area contributed by atoms with Gasteiger partial charge in [-0.15, -0.1) is 0 Å². The van der Waals surface area contributed by atoms with Gasteiger partial charge in [-0.2, -0.15) is 0 Å². The molecule has 1 aliphatic heterocycles. The molecule has 3 N–H and O–H groups in total. The molecule has 0 aromatic rings. The van der Waals surface area contributed by atoms with E-state index in [4.69, 9.17) is 9.47 Å². The van der Waals surface area contributed by atoms with Crippen LogP contribution in [0, 0.1) is 28.6 Å². The van der Waals surface area contributed by atoms with Crippen LogP contribution in [0.1, 0.15) is 65.2 Å². The Morgan fingerprint density at radius 3 is 2.31 bits per heavy atom. The van der Waals surface area contributed by atoms with Gasteiger partial charge in [-0.25, -0.2) is 0 Å². The lowest BCUT2D eigenvalue weighted by atomic mass is 9.51. The molecule has 1 spiro atoms. The fourth-order valence-corrected chi connectivity index (χ4v) is 7.20. The second-order valence-electron chi connectivity index (χ2n) is 9.79. The summed E-state index contributed by atoms with van der Waals surface area (Å²) in [7, 11) is 0. The lowest BCUT2D eigenvalue weighted by Crippen LogP contribution is -2.57. The average Bonchev–Trinajstić information content (AvgIpc) is 3.19. The van der Waals surface area contributed by atoms with Crippen molar-refractivity contribution < 1.29 is 24.8 Å². The molecular formula is C21H36O5. The van der Waals surface area contributed by atoms with Gasteiger partial charge in [0.1, 0.15) is 0 Å². The van der Waals surface area contributed by atoms with E-state index in [1.165, 1.54) is 0 Å². The van der Waals surface area contributed by atoms with Crippen molar-refractivity contribution in [1.29, 1.82) is 0 Å². The van der Waals surface area contributed by atoms with Gasteiger partial charge in [0.25, 0.3) is 0 Å². The molecule has 0 radical (unpaired) electrons. The van der Waals surface area contributed by atoms with Gasteiger partial charge in [0.2, 0.25) is 0 Å². The van der Waals surface area contributed by atoms with E-state index in [1.54, 1.807) is 0 Å². The summed E-state index contributed by atoms with van der Waals surface area (Å²) in [5.74, 6) is 0.214. The zero-order valence-corrected chi connectivity index (χ0v) is 16.3. The van der Waals surface area contributed by atoms with Crippen LogP contribution in [0.15, 0.2) is 0 Å². The van der Waals surface area contributed by atoms with E-state index in [0.29, 0.717) is 13.2 Å². The van der Waals surface area contributed by atoms with Crippen molar-refractivity contribution in [3.05, 3.63) is 0 Å². The fraction of sp³-hybridized carbons (Fsp3) is 1.00. The second-order valence-corrected chi connectivity index (χ2v) is 9.79. The van der Waals surface area contributed by atoms with E-state index in [2.05, 4.69) is 13.8 Å². The number of hydrogen-bond donors (Lipinski definition) is 3. The van der Waals surface area contributed by atoms with Gasteiger partial charge in [0, 0.05) is 18.4 Å². The lowest BCUT2D eigenvalue weighted by Gasteiger charge is -2.56. The van der Waals surface area contributed by atoms with Crippen LogP contribution in [0.25, 0.3) is 0 Å². The fourth-order valence-electron chi connectivity index (χ4n) is 7.20. The third kappa shape index (κ3) is 2.61. The Kier molecular flexibility index (Phi) is 4.93. The molecule has 0 bridgehead atoms. The zero-order chi connectivity index (χ0) is 18.6. The molecule has 26 heavy (non-hydrogen) atoms. The van der Waals surface area contributed by atoms with Gasteiger partial charge in [0.05, 0.1) is 25.4 Å². The Morgan fingerprint density at radius 2 is 1.62 bits per heavy atom. The van der Waals surface area contributed by atoms with Gasteiger partial charge < -0.3 is 24.8 Å². The quantitative estimate of drug-likeness (QED) is 0.713. The number of hydrogen-bond acceptors (Lipinski definition) is 5.